The predicted octanol–water partition coefficient (Wildman–Crippen LogP) is 3.76. The molecule has 96 valence electrons. The molecule has 2 aromatic carbocycles. The first-order valence-corrected chi connectivity index (χ1v) is 6.16. The highest BCUT2D eigenvalue weighted by molar-refractivity contribution is 5.88. The van der Waals surface area contributed by atoms with Crippen molar-refractivity contribution in [3.8, 4) is 5.75 Å². The third-order valence-electron chi connectivity index (χ3n) is 2.76. The molecule has 2 rings (SSSR count). The van der Waals surface area contributed by atoms with E-state index in [-0.39, 0.29) is 5.97 Å². The van der Waals surface area contributed by atoms with Crippen molar-refractivity contribution in [3.63, 3.8) is 0 Å². The molecule has 0 N–H and O–H groups in total. The Labute approximate surface area is 113 Å². The van der Waals surface area contributed by atoms with Crippen LogP contribution in [0.5, 0.6) is 5.75 Å². The van der Waals surface area contributed by atoms with Crippen LogP contribution in [0.3, 0.4) is 0 Å². The zero-order valence-corrected chi connectivity index (χ0v) is 10.9. The second-order valence-electron chi connectivity index (χ2n) is 4.44. The van der Waals surface area contributed by atoms with E-state index in [1.807, 2.05) is 36.4 Å². The van der Waals surface area contributed by atoms with Gasteiger partial charge in [-0.25, -0.2) is 4.79 Å². The molecule has 0 bridgehead atoms. The van der Waals surface area contributed by atoms with Crippen molar-refractivity contribution in [2.24, 2.45) is 0 Å². The van der Waals surface area contributed by atoms with E-state index < -0.39 is 0 Å². The number of hydrogen-bond acceptors (Lipinski definition) is 2. The monoisotopic (exact) mass is 252 g/mol. The summed E-state index contributed by atoms with van der Waals surface area (Å²) < 4.78 is 5.34. The molecule has 0 aliphatic carbocycles. The Bertz CT molecular complexity index is 585. The molecule has 0 atom stereocenters. The number of carbonyl (C=O) groups excluding carboxylic acids is 1. The summed E-state index contributed by atoms with van der Waals surface area (Å²) in [6.07, 6.45) is 0.737. The van der Waals surface area contributed by atoms with E-state index in [0.717, 1.165) is 12.0 Å². The van der Waals surface area contributed by atoms with E-state index in [9.17, 15) is 4.79 Å². The lowest BCUT2D eigenvalue weighted by Gasteiger charge is -2.10. The maximum atomic E-state index is 11.6. The van der Waals surface area contributed by atoms with Crippen LogP contribution in [0, 0.1) is 0 Å². The summed E-state index contributed by atoms with van der Waals surface area (Å²) >= 11 is 0. The molecular weight excluding hydrogens is 236 g/mol. The van der Waals surface area contributed by atoms with Crippen molar-refractivity contribution in [3.05, 3.63) is 77.9 Å². The zero-order valence-electron chi connectivity index (χ0n) is 10.9. The summed E-state index contributed by atoms with van der Waals surface area (Å²) in [6, 6.07) is 17.7. The van der Waals surface area contributed by atoms with Crippen LogP contribution in [0.2, 0.25) is 0 Å². The Kier molecular flexibility index (Phi) is 4.14. The van der Waals surface area contributed by atoms with Gasteiger partial charge in [0, 0.05) is 12.0 Å². The van der Waals surface area contributed by atoms with E-state index >= 15 is 0 Å². The second kappa shape index (κ2) is 6.01. The molecule has 0 aliphatic rings. The van der Waals surface area contributed by atoms with Gasteiger partial charge in [0.05, 0.1) is 0 Å². The molecule has 2 nitrogen and oxygen atoms in total. The summed E-state index contributed by atoms with van der Waals surface area (Å²) in [7, 11) is 0. The zero-order chi connectivity index (χ0) is 13.7. The maximum absolute atomic E-state index is 11.6. The average molecular weight is 252 g/mol. The fourth-order valence-corrected chi connectivity index (χ4v) is 1.75. The van der Waals surface area contributed by atoms with Gasteiger partial charge in [-0.05, 0) is 24.1 Å². The van der Waals surface area contributed by atoms with Crippen molar-refractivity contribution >= 4 is 5.97 Å². The van der Waals surface area contributed by atoms with Crippen molar-refractivity contribution < 1.29 is 9.53 Å². The first-order valence-electron chi connectivity index (χ1n) is 6.16. The van der Waals surface area contributed by atoms with E-state index in [2.05, 4.69) is 18.7 Å². The molecule has 0 heterocycles. The molecule has 0 unspecified atom stereocenters. The normalized spacial score (nSPS) is 9.95. The first-order chi connectivity index (χ1) is 9.16. The van der Waals surface area contributed by atoms with Crippen molar-refractivity contribution in [2.45, 2.75) is 13.3 Å². The number of esters is 1. The van der Waals surface area contributed by atoms with Crippen LogP contribution in [0.4, 0.5) is 0 Å². The summed E-state index contributed by atoms with van der Waals surface area (Å²) in [5.74, 6) is 0.208. The number of para-hydroxylation sites is 1. The molecule has 0 spiro atoms. The first kappa shape index (κ1) is 13.1. The van der Waals surface area contributed by atoms with Crippen LogP contribution in [-0.4, -0.2) is 5.97 Å². The maximum Gasteiger partial charge on any atom is 0.338 e. The minimum absolute atomic E-state index is 0.388. The highest BCUT2D eigenvalue weighted by Crippen LogP contribution is 2.22. The third kappa shape index (κ3) is 3.55. The predicted molar refractivity (Wildman–Crippen MR) is 76.1 cm³/mol. The Morgan fingerprint density at radius 3 is 2.37 bits per heavy atom. The Hall–Kier alpha value is -2.35. The van der Waals surface area contributed by atoms with Crippen LogP contribution in [0.1, 0.15) is 18.1 Å². The van der Waals surface area contributed by atoms with Gasteiger partial charge in [-0.15, -0.1) is 0 Å². The topological polar surface area (TPSA) is 26.3 Å². The molecule has 0 amide bonds. The number of carbonyl (C=O) groups is 1. The molecular formula is C17H16O2. The summed E-state index contributed by atoms with van der Waals surface area (Å²) in [4.78, 5) is 11.6. The Morgan fingerprint density at radius 2 is 1.68 bits per heavy atom. The number of ether oxygens (including phenoxy) is 1. The van der Waals surface area contributed by atoms with E-state index in [4.69, 9.17) is 4.74 Å². The summed E-state index contributed by atoms with van der Waals surface area (Å²) in [5, 5.41) is 0. The van der Waals surface area contributed by atoms with Gasteiger partial charge < -0.3 is 4.74 Å². The van der Waals surface area contributed by atoms with Crippen LogP contribution in [-0.2, 0) is 11.2 Å². The highest BCUT2D eigenvalue weighted by Gasteiger charge is 2.09. The molecule has 0 fully saturated rings. The Morgan fingerprint density at radius 1 is 1.05 bits per heavy atom. The van der Waals surface area contributed by atoms with Crippen molar-refractivity contribution in [2.75, 3.05) is 0 Å². The van der Waals surface area contributed by atoms with Gasteiger partial charge in [0.2, 0.25) is 0 Å². The van der Waals surface area contributed by atoms with Crippen LogP contribution >= 0.6 is 0 Å². The number of rotatable bonds is 4. The second-order valence-corrected chi connectivity index (χ2v) is 4.44. The average Bonchev–Trinajstić information content (AvgIpc) is 2.42. The van der Waals surface area contributed by atoms with Gasteiger partial charge in [-0.2, -0.15) is 0 Å². The molecule has 0 radical (unpaired) electrons. The minimum atomic E-state index is -0.388. The Balaban J connectivity index is 2.21. The standard InChI is InChI=1S/C17H16O2/c1-13(2)17(18)19-16-11-7-6-10-15(16)12-14-8-4-3-5-9-14/h3-11H,1,12H2,2H3. The van der Waals surface area contributed by atoms with Crippen molar-refractivity contribution in [1.29, 1.82) is 0 Å². The molecule has 2 heteroatoms. The quantitative estimate of drug-likeness (QED) is 0.470. The van der Waals surface area contributed by atoms with Crippen LogP contribution in [0.25, 0.3) is 0 Å². The van der Waals surface area contributed by atoms with E-state index in [1.54, 1.807) is 13.0 Å². The lowest BCUT2D eigenvalue weighted by molar-refractivity contribution is -0.130. The van der Waals surface area contributed by atoms with Gasteiger partial charge in [-0.1, -0.05) is 55.1 Å². The van der Waals surface area contributed by atoms with Gasteiger partial charge >= 0.3 is 5.97 Å². The molecule has 19 heavy (non-hydrogen) atoms. The largest absolute Gasteiger partial charge is 0.423 e. The number of benzene rings is 2. The van der Waals surface area contributed by atoms with E-state index in [1.165, 1.54) is 5.56 Å². The third-order valence-corrected chi connectivity index (χ3v) is 2.76. The van der Waals surface area contributed by atoms with Gasteiger partial charge in [0.25, 0.3) is 0 Å². The molecule has 2 aromatic rings. The fraction of sp³-hybridized carbons (Fsp3) is 0.118. The minimum Gasteiger partial charge on any atom is -0.423 e. The lowest BCUT2D eigenvalue weighted by Crippen LogP contribution is -2.09. The summed E-state index contributed by atoms with van der Waals surface area (Å²) in [5.41, 5.74) is 2.57. The van der Waals surface area contributed by atoms with Crippen molar-refractivity contribution in [1.82, 2.24) is 0 Å². The van der Waals surface area contributed by atoms with E-state index in [0.29, 0.717) is 11.3 Å². The summed E-state index contributed by atoms with van der Waals surface area (Å²) in [6.45, 7) is 5.23. The van der Waals surface area contributed by atoms with Gasteiger partial charge in [-0.3, -0.25) is 0 Å². The lowest BCUT2D eigenvalue weighted by atomic mass is 10.0. The number of hydrogen-bond donors (Lipinski definition) is 0. The highest BCUT2D eigenvalue weighted by atomic mass is 16.5. The van der Waals surface area contributed by atoms with Crippen LogP contribution in [0.15, 0.2) is 66.7 Å². The SMILES string of the molecule is C=C(C)C(=O)Oc1ccccc1Cc1ccccc1. The van der Waals surface area contributed by atoms with Gasteiger partial charge in [0.15, 0.2) is 0 Å². The fourth-order valence-electron chi connectivity index (χ4n) is 1.75. The van der Waals surface area contributed by atoms with Crippen LogP contribution < -0.4 is 4.74 Å². The smallest absolute Gasteiger partial charge is 0.338 e. The molecule has 0 aromatic heterocycles. The molecule has 0 aliphatic heterocycles. The molecule has 0 saturated heterocycles. The molecule has 0 saturated carbocycles. The van der Waals surface area contributed by atoms with Gasteiger partial charge in [0.1, 0.15) is 5.75 Å².